The Kier molecular flexibility index (Phi) is 8.47. The Hall–Kier alpha value is -2.46. The van der Waals surface area contributed by atoms with Gasteiger partial charge in [-0.3, -0.25) is 14.4 Å². The van der Waals surface area contributed by atoms with Crippen LogP contribution in [-0.4, -0.2) is 86.7 Å². The van der Waals surface area contributed by atoms with Gasteiger partial charge in [0.05, 0.1) is 24.0 Å². The number of esters is 1. The average molecular weight is 480 g/mol. The van der Waals surface area contributed by atoms with Gasteiger partial charge in [0.15, 0.2) is 0 Å². The Balaban J connectivity index is 1.46. The van der Waals surface area contributed by atoms with Crippen LogP contribution in [0.25, 0.3) is 0 Å². The van der Waals surface area contributed by atoms with Gasteiger partial charge in [-0.15, -0.1) is 0 Å². The quantitative estimate of drug-likeness (QED) is 0.547. The first-order valence-corrected chi connectivity index (χ1v) is 12.9. The molecular formula is C23H33N3O6S. The van der Waals surface area contributed by atoms with Gasteiger partial charge in [0.25, 0.3) is 0 Å². The molecule has 0 radical (unpaired) electrons. The molecule has 0 atom stereocenters. The lowest BCUT2D eigenvalue weighted by Gasteiger charge is -2.34. The predicted molar refractivity (Wildman–Crippen MR) is 121 cm³/mol. The van der Waals surface area contributed by atoms with E-state index in [9.17, 15) is 22.8 Å². The van der Waals surface area contributed by atoms with Crippen molar-refractivity contribution in [1.82, 2.24) is 14.1 Å². The van der Waals surface area contributed by atoms with Crippen molar-refractivity contribution >= 4 is 27.8 Å². The lowest BCUT2D eigenvalue weighted by molar-refractivity contribution is -0.151. The largest absolute Gasteiger partial charge is 0.466 e. The summed E-state index contributed by atoms with van der Waals surface area (Å²) in [6.07, 6.45) is 1.98. The first-order valence-electron chi connectivity index (χ1n) is 11.5. The minimum atomic E-state index is -3.56. The molecule has 3 rings (SSSR count). The van der Waals surface area contributed by atoms with Crippen molar-refractivity contribution in [2.45, 2.75) is 37.5 Å². The van der Waals surface area contributed by atoms with Crippen LogP contribution in [0.1, 0.15) is 32.6 Å². The number of carbonyl (C=O) groups is 3. The van der Waals surface area contributed by atoms with Crippen LogP contribution in [0.15, 0.2) is 35.2 Å². The molecule has 0 N–H and O–H groups in total. The van der Waals surface area contributed by atoms with Crippen LogP contribution in [0, 0.1) is 11.8 Å². The number of likely N-dealkylation sites (N-methyl/N-ethyl adjacent to an activating group) is 1. The number of carbonyl (C=O) groups excluding carboxylic acids is 3. The summed E-state index contributed by atoms with van der Waals surface area (Å²) in [7, 11) is -1.95. The Morgan fingerprint density at radius 1 is 0.970 bits per heavy atom. The highest BCUT2D eigenvalue weighted by Gasteiger charge is 2.34. The molecule has 0 aliphatic carbocycles. The second-order valence-electron chi connectivity index (χ2n) is 8.59. The number of benzene rings is 1. The number of hydrogen-bond acceptors (Lipinski definition) is 6. The molecule has 1 aromatic rings. The van der Waals surface area contributed by atoms with Crippen molar-refractivity contribution in [3.8, 4) is 0 Å². The second-order valence-corrected chi connectivity index (χ2v) is 10.5. The Bertz CT molecular complexity index is 936. The molecular weight excluding hydrogens is 446 g/mol. The zero-order valence-corrected chi connectivity index (χ0v) is 20.1. The summed E-state index contributed by atoms with van der Waals surface area (Å²) in [5, 5.41) is 0. The molecule has 2 aliphatic rings. The first-order chi connectivity index (χ1) is 15.7. The molecule has 0 unspecified atom stereocenters. The molecule has 0 aromatic heterocycles. The highest BCUT2D eigenvalue weighted by molar-refractivity contribution is 7.89. The van der Waals surface area contributed by atoms with E-state index in [1.165, 1.54) is 9.21 Å². The molecule has 0 spiro atoms. The zero-order chi connectivity index (χ0) is 24.0. The summed E-state index contributed by atoms with van der Waals surface area (Å²) in [6.45, 7) is 3.59. The molecule has 9 nitrogen and oxygen atoms in total. The average Bonchev–Trinajstić information content (AvgIpc) is 2.84. The first kappa shape index (κ1) is 25.2. The van der Waals surface area contributed by atoms with E-state index in [4.69, 9.17) is 4.74 Å². The number of hydrogen-bond donors (Lipinski definition) is 0. The minimum absolute atomic E-state index is 0.0224. The normalized spacial score (nSPS) is 18.7. The van der Waals surface area contributed by atoms with E-state index >= 15 is 0 Å². The summed E-state index contributed by atoms with van der Waals surface area (Å²) in [6, 6.07) is 8.29. The molecule has 0 bridgehead atoms. The fraction of sp³-hybridized carbons (Fsp3) is 0.609. The van der Waals surface area contributed by atoms with Crippen LogP contribution in [0.5, 0.6) is 0 Å². The van der Waals surface area contributed by atoms with Crippen molar-refractivity contribution in [3.63, 3.8) is 0 Å². The highest BCUT2D eigenvalue weighted by Crippen LogP contribution is 2.25. The highest BCUT2D eigenvalue weighted by atomic mass is 32.2. The number of rotatable bonds is 7. The molecule has 2 saturated heterocycles. The lowest BCUT2D eigenvalue weighted by Crippen LogP contribution is -2.48. The van der Waals surface area contributed by atoms with E-state index in [-0.39, 0.29) is 54.1 Å². The molecule has 2 aliphatic heterocycles. The third-order valence-corrected chi connectivity index (χ3v) is 8.31. The van der Waals surface area contributed by atoms with Crippen LogP contribution in [0.2, 0.25) is 0 Å². The summed E-state index contributed by atoms with van der Waals surface area (Å²) in [5.41, 5.74) is 0. The molecule has 2 fully saturated rings. The van der Waals surface area contributed by atoms with Gasteiger partial charge in [-0.25, -0.2) is 8.42 Å². The number of nitrogens with zero attached hydrogens (tertiary/aromatic N) is 3. The van der Waals surface area contributed by atoms with Gasteiger partial charge in [0.1, 0.15) is 0 Å². The SMILES string of the molecule is CCOC(=O)C1CCN(C(=O)CN(C)C(=O)C2CCN(S(=O)(=O)c3ccccc3)CC2)CC1. The topological polar surface area (TPSA) is 104 Å². The fourth-order valence-corrected chi connectivity index (χ4v) is 5.89. The van der Waals surface area contributed by atoms with Crippen molar-refractivity contribution in [3.05, 3.63) is 30.3 Å². The number of amides is 2. The van der Waals surface area contributed by atoms with E-state index in [1.54, 1.807) is 49.2 Å². The summed E-state index contributed by atoms with van der Waals surface area (Å²) in [4.78, 5) is 40.8. The summed E-state index contributed by atoms with van der Waals surface area (Å²) in [5.74, 6) is -0.971. The molecule has 10 heteroatoms. The molecule has 0 saturated carbocycles. The van der Waals surface area contributed by atoms with E-state index in [1.807, 2.05) is 0 Å². The van der Waals surface area contributed by atoms with Gasteiger partial charge in [0.2, 0.25) is 21.8 Å². The summed E-state index contributed by atoms with van der Waals surface area (Å²) >= 11 is 0. The van der Waals surface area contributed by atoms with Crippen LogP contribution in [-0.2, 0) is 29.1 Å². The Morgan fingerprint density at radius 3 is 2.12 bits per heavy atom. The van der Waals surface area contributed by atoms with Crippen molar-refractivity contribution < 1.29 is 27.5 Å². The monoisotopic (exact) mass is 479 g/mol. The van der Waals surface area contributed by atoms with Crippen LogP contribution in [0.3, 0.4) is 0 Å². The van der Waals surface area contributed by atoms with Gasteiger partial charge in [-0.1, -0.05) is 18.2 Å². The van der Waals surface area contributed by atoms with E-state index in [2.05, 4.69) is 0 Å². The molecule has 182 valence electrons. The third-order valence-electron chi connectivity index (χ3n) is 6.40. The Labute approximate surface area is 195 Å². The Morgan fingerprint density at radius 2 is 1.55 bits per heavy atom. The minimum Gasteiger partial charge on any atom is -0.466 e. The van der Waals surface area contributed by atoms with Crippen molar-refractivity contribution in [2.24, 2.45) is 11.8 Å². The maximum absolute atomic E-state index is 12.9. The zero-order valence-electron chi connectivity index (χ0n) is 19.3. The van der Waals surface area contributed by atoms with Crippen molar-refractivity contribution in [2.75, 3.05) is 46.4 Å². The molecule has 33 heavy (non-hydrogen) atoms. The maximum Gasteiger partial charge on any atom is 0.309 e. The molecule has 1 aromatic carbocycles. The van der Waals surface area contributed by atoms with Gasteiger partial charge in [-0.2, -0.15) is 4.31 Å². The van der Waals surface area contributed by atoms with Crippen LogP contribution >= 0.6 is 0 Å². The second kappa shape index (κ2) is 11.1. The fourth-order valence-electron chi connectivity index (χ4n) is 4.40. The molecule has 2 heterocycles. The number of likely N-dealkylation sites (tertiary alicyclic amines) is 1. The smallest absolute Gasteiger partial charge is 0.309 e. The van der Waals surface area contributed by atoms with Crippen molar-refractivity contribution in [1.29, 1.82) is 0 Å². The van der Waals surface area contributed by atoms with E-state index in [0.29, 0.717) is 45.4 Å². The van der Waals surface area contributed by atoms with Crippen LogP contribution in [0.4, 0.5) is 0 Å². The number of sulfonamides is 1. The predicted octanol–water partition coefficient (Wildman–Crippen LogP) is 1.35. The molecule has 2 amide bonds. The maximum atomic E-state index is 12.9. The van der Waals surface area contributed by atoms with Gasteiger partial charge in [-0.05, 0) is 44.7 Å². The number of piperidine rings is 2. The van der Waals surface area contributed by atoms with Gasteiger partial charge >= 0.3 is 5.97 Å². The lowest BCUT2D eigenvalue weighted by atomic mass is 9.96. The van der Waals surface area contributed by atoms with Crippen LogP contribution < -0.4 is 0 Å². The van der Waals surface area contributed by atoms with Gasteiger partial charge < -0.3 is 14.5 Å². The third kappa shape index (κ3) is 6.11. The summed E-state index contributed by atoms with van der Waals surface area (Å²) < 4.78 is 32.0. The van der Waals surface area contributed by atoms with E-state index < -0.39 is 10.0 Å². The number of ether oxygens (including phenoxy) is 1. The van der Waals surface area contributed by atoms with E-state index in [0.717, 1.165) is 0 Å². The van der Waals surface area contributed by atoms with Gasteiger partial charge in [0, 0.05) is 39.1 Å². The standard InChI is InChI=1S/C23H33N3O6S/c1-3-32-23(29)19-9-13-25(14-10-19)21(27)17-24(2)22(28)18-11-15-26(16-12-18)33(30,31)20-7-5-4-6-8-20/h4-8,18-19H,3,9-17H2,1-2H3.